The highest BCUT2D eigenvalue weighted by Crippen LogP contribution is 2.23. The van der Waals surface area contributed by atoms with Crippen molar-refractivity contribution in [1.82, 2.24) is 14.5 Å². The summed E-state index contributed by atoms with van der Waals surface area (Å²) in [5.74, 6) is 0. The van der Waals surface area contributed by atoms with Gasteiger partial charge in [-0.3, -0.25) is 4.68 Å². The van der Waals surface area contributed by atoms with Crippen LogP contribution in [0, 0.1) is 13.8 Å². The van der Waals surface area contributed by atoms with Gasteiger partial charge in [0.1, 0.15) is 0 Å². The van der Waals surface area contributed by atoms with Crippen LogP contribution in [0.5, 0.6) is 0 Å². The normalized spacial score (nSPS) is 11.8. The number of hydrogen-bond donors (Lipinski definition) is 1. The molecule has 0 aliphatic carbocycles. The van der Waals surface area contributed by atoms with Gasteiger partial charge in [0, 0.05) is 24.3 Å². The third-order valence-electron chi connectivity index (χ3n) is 3.20. The Morgan fingerprint density at radius 2 is 1.95 bits per heavy atom. The van der Waals surface area contributed by atoms with E-state index >= 15 is 0 Å². The summed E-state index contributed by atoms with van der Waals surface area (Å²) in [6.07, 6.45) is 3.86. The number of rotatable bonds is 6. The zero-order chi connectivity index (χ0) is 16.3. The fraction of sp³-hybridized carbons (Fsp3) is 0.357. The molecule has 0 atom stereocenters. The van der Waals surface area contributed by atoms with E-state index in [2.05, 4.69) is 9.82 Å². The van der Waals surface area contributed by atoms with Crippen LogP contribution in [0.3, 0.4) is 0 Å². The van der Waals surface area contributed by atoms with Crippen molar-refractivity contribution in [2.24, 2.45) is 0 Å². The number of benzene rings is 1. The van der Waals surface area contributed by atoms with Crippen molar-refractivity contribution < 1.29 is 8.42 Å². The molecule has 1 aromatic carbocycles. The molecule has 22 heavy (non-hydrogen) atoms. The van der Waals surface area contributed by atoms with Gasteiger partial charge in [-0.05, 0) is 43.5 Å². The highest BCUT2D eigenvalue weighted by molar-refractivity contribution is 7.89. The summed E-state index contributed by atoms with van der Waals surface area (Å²) in [6, 6.07) is 3.25. The van der Waals surface area contributed by atoms with Crippen LogP contribution in [0.15, 0.2) is 29.4 Å². The third kappa shape index (κ3) is 4.23. The van der Waals surface area contributed by atoms with Gasteiger partial charge in [-0.2, -0.15) is 5.10 Å². The van der Waals surface area contributed by atoms with Crippen molar-refractivity contribution in [2.75, 3.05) is 6.54 Å². The van der Waals surface area contributed by atoms with Gasteiger partial charge in [-0.25, -0.2) is 13.1 Å². The lowest BCUT2D eigenvalue weighted by molar-refractivity contribution is 0.552. The summed E-state index contributed by atoms with van der Waals surface area (Å²) in [7, 11) is -3.54. The standard InChI is InChI=1S/C14H17Cl2N3O2S/c1-10-7-14(11(2)6-13(10)16)22(20,21)18-4-3-5-19-9-12(15)8-17-19/h6-9,18H,3-5H2,1-2H3. The lowest BCUT2D eigenvalue weighted by Gasteiger charge is -2.11. The zero-order valence-corrected chi connectivity index (χ0v) is 14.6. The smallest absolute Gasteiger partial charge is 0.240 e. The molecule has 0 unspecified atom stereocenters. The van der Waals surface area contributed by atoms with E-state index in [4.69, 9.17) is 23.2 Å². The summed E-state index contributed by atoms with van der Waals surface area (Å²) >= 11 is 11.8. The zero-order valence-electron chi connectivity index (χ0n) is 12.3. The van der Waals surface area contributed by atoms with E-state index in [0.29, 0.717) is 35.1 Å². The molecule has 8 heteroatoms. The maximum absolute atomic E-state index is 12.3. The summed E-state index contributed by atoms with van der Waals surface area (Å²) in [5.41, 5.74) is 1.36. The maximum Gasteiger partial charge on any atom is 0.240 e. The molecule has 1 N–H and O–H groups in total. The van der Waals surface area contributed by atoms with E-state index in [0.717, 1.165) is 5.56 Å². The predicted molar refractivity (Wildman–Crippen MR) is 88.0 cm³/mol. The molecule has 1 heterocycles. The number of halogens is 2. The molecular formula is C14H17Cl2N3O2S. The third-order valence-corrected chi connectivity index (χ3v) is 5.41. The Bertz CT molecular complexity index is 772. The SMILES string of the molecule is Cc1cc(S(=O)(=O)NCCCn2cc(Cl)cn2)c(C)cc1Cl. The Balaban J connectivity index is 1.98. The highest BCUT2D eigenvalue weighted by atomic mass is 35.5. The van der Waals surface area contributed by atoms with E-state index in [-0.39, 0.29) is 4.90 Å². The average molecular weight is 362 g/mol. The molecule has 2 aromatic rings. The average Bonchev–Trinajstić information content (AvgIpc) is 2.84. The number of nitrogens with zero attached hydrogens (tertiary/aromatic N) is 2. The van der Waals surface area contributed by atoms with Crippen molar-refractivity contribution in [3.8, 4) is 0 Å². The van der Waals surface area contributed by atoms with Crippen LogP contribution >= 0.6 is 23.2 Å². The fourth-order valence-electron chi connectivity index (χ4n) is 2.03. The monoisotopic (exact) mass is 361 g/mol. The van der Waals surface area contributed by atoms with E-state index in [1.165, 1.54) is 0 Å². The van der Waals surface area contributed by atoms with Crippen molar-refractivity contribution in [3.63, 3.8) is 0 Å². The maximum atomic E-state index is 12.3. The Labute approximate surface area is 140 Å². The summed E-state index contributed by atoms with van der Waals surface area (Å²) < 4.78 is 28.9. The van der Waals surface area contributed by atoms with Crippen LogP contribution in [0.1, 0.15) is 17.5 Å². The first-order valence-corrected chi connectivity index (χ1v) is 8.98. The van der Waals surface area contributed by atoms with Gasteiger partial charge in [0.05, 0.1) is 16.1 Å². The van der Waals surface area contributed by atoms with Crippen LogP contribution in [-0.4, -0.2) is 24.7 Å². The van der Waals surface area contributed by atoms with Crippen LogP contribution in [0.4, 0.5) is 0 Å². The van der Waals surface area contributed by atoms with Gasteiger partial charge in [0.25, 0.3) is 0 Å². The summed E-state index contributed by atoms with van der Waals surface area (Å²) in [6.45, 7) is 4.42. The summed E-state index contributed by atoms with van der Waals surface area (Å²) in [4.78, 5) is 0.261. The minimum absolute atomic E-state index is 0.261. The molecule has 0 aliphatic rings. The quantitative estimate of drug-likeness (QED) is 0.803. The number of aryl methyl sites for hydroxylation is 3. The van der Waals surface area contributed by atoms with Gasteiger partial charge >= 0.3 is 0 Å². The first-order valence-electron chi connectivity index (χ1n) is 6.74. The fourth-order valence-corrected chi connectivity index (χ4v) is 3.79. The number of hydrogen-bond acceptors (Lipinski definition) is 3. The molecule has 120 valence electrons. The topological polar surface area (TPSA) is 64.0 Å². The first kappa shape index (κ1) is 17.3. The largest absolute Gasteiger partial charge is 0.271 e. The molecular weight excluding hydrogens is 345 g/mol. The first-order chi connectivity index (χ1) is 10.3. The van der Waals surface area contributed by atoms with E-state index in [9.17, 15) is 8.42 Å². The Morgan fingerprint density at radius 3 is 2.59 bits per heavy atom. The van der Waals surface area contributed by atoms with Crippen molar-refractivity contribution in [1.29, 1.82) is 0 Å². The molecule has 0 bridgehead atoms. The molecule has 5 nitrogen and oxygen atoms in total. The number of aromatic nitrogens is 2. The van der Waals surface area contributed by atoms with Crippen LogP contribution < -0.4 is 4.72 Å². The van der Waals surface area contributed by atoms with Gasteiger partial charge in [-0.15, -0.1) is 0 Å². The molecule has 1 aromatic heterocycles. The molecule has 0 saturated carbocycles. The lowest BCUT2D eigenvalue weighted by atomic mass is 10.2. The van der Waals surface area contributed by atoms with Crippen molar-refractivity contribution in [2.45, 2.75) is 31.7 Å². The molecule has 0 aliphatic heterocycles. The van der Waals surface area contributed by atoms with Crippen molar-refractivity contribution >= 4 is 33.2 Å². The molecule has 0 spiro atoms. The predicted octanol–water partition coefficient (Wildman–Crippen LogP) is 3.18. The molecule has 0 amide bonds. The van der Waals surface area contributed by atoms with Crippen LogP contribution in [0.25, 0.3) is 0 Å². The minimum Gasteiger partial charge on any atom is -0.271 e. The second-order valence-corrected chi connectivity index (χ2v) is 7.62. The van der Waals surface area contributed by atoms with E-state index in [1.54, 1.807) is 43.1 Å². The van der Waals surface area contributed by atoms with Crippen LogP contribution in [-0.2, 0) is 16.6 Å². The van der Waals surface area contributed by atoms with Crippen molar-refractivity contribution in [3.05, 3.63) is 45.7 Å². The van der Waals surface area contributed by atoms with Crippen LogP contribution in [0.2, 0.25) is 10.0 Å². The summed E-state index contributed by atoms with van der Waals surface area (Å²) in [5, 5.41) is 5.16. The Kier molecular flexibility index (Phi) is 5.50. The van der Waals surface area contributed by atoms with Gasteiger partial charge in [0.15, 0.2) is 0 Å². The van der Waals surface area contributed by atoms with Gasteiger partial charge in [0.2, 0.25) is 10.0 Å². The van der Waals surface area contributed by atoms with E-state index in [1.807, 2.05) is 0 Å². The van der Waals surface area contributed by atoms with Gasteiger partial charge in [-0.1, -0.05) is 23.2 Å². The molecule has 0 saturated heterocycles. The number of sulfonamides is 1. The molecule has 0 radical (unpaired) electrons. The Hall–Kier alpha value is -1.08. The molecule has 2 rings (SSSR count). The Morgan fingerprint density at radius 1 is 1.23 bits per heavy atom. The second-order valence-electron chi connectivity index (χ2n) is 5.04. The van der Waals surface area contributed by atoms with Gasteiger partial charge < -0.3 is 0 Å². The number of nitrogens with one attached hydrogen (secondary N) is 1. The minimum atomic E-state index is -3.54. The highest BCUT2D eigenvalue weighted by Gasteiger charge is 2.17. The lowest BCUT2D eigenvalue weighted by Crippen LogP contribution is -2.26. The second kappa shape index (κ2) is 7.00. The van der Waals surface area contributed by atoms with E-state index < -0.39 is 10.0 Å². The molecule has 0 fully saturated rings.